The molecule has 6 heteroatoms. The number of anilines is 1. The van der Waals surface area contributed by atoms with Crippen LogP contribution in [0.3, 0.4) is 0 Å². The van der Waals surface area contributed by atoms with Crippen molar-refractivity contribution in [2.75, 3.05) is 5.32 Å². The second-order valence-electron chi connectivity index (χ2n) is 5.43. The molecule has 1 fully saturated rings. The number of rotatable bonds is 5. The van der Waals surface area contributed by atoms with E-state index in [0.29, 0.717) is 11.7 Å². The maximum Gasteiger partial charge on any atom is 0.226 e. The molecule has 0 radical (unpaired) electrons. The quantitative estimate of drug-likeness (QED) is 0.855. The SMILES string of the molecule is CCCCn1cnc2nc(Cl)nc(NC3CCCC3)c21. The van der Waals surface area contributed by atoms with E-state index >= 15 is 0 Å². The third-order valence-corrected chi connectivity index (χ3v) is 4.06. The summed E-state index contributed by atoms with van der Waals surface area (Å²) in [5, 5.41) is 3.79. The van der Waals surface area contributed by atoms with Gasteiger partial charge in [0.05, 0.1) is 6.33 Å². The lowest BCUT2D eigenvalue weighted by Gasteiger charge is -2.14. The van der Waals surface area contributed by atoms with E-state index in [2.05, 4.69) is 31.8 Å². The number of nitrogens with one attached hydrogen (secondary N) is 1. The Morgan fingerprint density at radius 1 is 1.35 bits per heavy atom. The van der Waals surface area contributed by atoms with E-state index in [1.54, 1.807) is 0 Å². The number of imidazole rings is 1. The maximum atomic E-state index is 6.01. The molecule has 0 atom stereocenters. The summed E-state index contributed by atoms with van der Waals surface area (Å²) in [7, 11) is 0. The van der Waals surface area contributed by atoms with Crippen molar-refractivity contribution in [3.8, 4) is 0 Å². The molecule has 0 aromatic carbocycles. The van der Waals surface area contributed by atoms with Crippen molar-refractivity contribution in [1.82, 2.24) is 19.5 Å². The van der Waals surface area contributed by atoms with Crippen LogP contribution in [-0.4, -0.2) is 25.6 Å². The van der Waals surface area contributed by atoms with E-state index in [-0.39, 0.29) is 5.28 Å². The number of unbranched alkanes of at least 4 members (excludes halogenated alkanes) is 1. The van der Waals surface area contributed by atoms with Crippen molar-refractivity contribution < 1.29 is 0 Å². The van der Waals surface area contributed by atoms with Gasteiger partial charge in [-0.15, -0.1) is 0 Å². The summed E-state index contributed by atoms with van der Waals surface area (Å²) in [6.07, 6.45) is 9.09. The van der Waals surface area contributed by atoms with Crippen LogP contribution in [0.5, 0.6) is 0 Å². The van der Waals surface area contributed by atoms with E-state index in [0.717, 1.165) is 30.7 Å². The normalized spacial score (nSPS) is 16.1. The zero-order valence-corrected chi connectivity index (χ0v) is 12.5. The molecule has 1 N–H and O–H groups in total. The Balaban J connectivity index is 1.96. The molecule has 1 saturated carbocycles. The molecule has 1 aliphatic rings. The number of halogens is 1. The fraction of sp³-hybridized carbons (Fsp3) is 0.643. The summed E-state index contributed by atoms with van der Waals surface area (Å²) in [6, 6.07) is 0.499. The fourth-order valence-corrected chi connectivity index (χ4v) is 2.98. The minimum Gasteiger partial charge on any atom is -0.365 e. The Kier molecular flexibility index (Phi) is 4.05. The first-order valence-electron chi connectivity index (χ1n) is 7.43. The monoisotopic (exact) mass is 293 g/mol. The zero-order chi connectivity index (χ0) is 13.9. The molecule has 2 heterocycles. The second kappa shape index (κ2) is 5.95. The fourth-order valence-electron chi connectivity index (χ4n) is 2.82. The highest BCUT2D eigenvalue weighted by atomic mass is 35.5. The number of aromatic nitrogens is 4. The van der Waals surface area contributed by atoms with Gasteiger partial charge in [-0.05, 0) is 30.9 Å². The second-order valence-corrected chi connectivity index (χ2v) is 5.77. The van der Waals surface area contributed by atoms with Gasteiger partial charge in [-0.3, -0.25) is 0 Å². The first-order valence-corrected chi connectivity index (χ1v) is 7.80. The molecule has 2 aromatic rings. The van der Waals surface area contributed by atoms with Gasteiger partial charge in [0.15, 0.2) is 11.5 Å². The summed E-state index contributed by atoms with van der Waals surface area (Å²) < 4.78 is 2.13. The number of nitrogens with zero attached hydrogens (tertiary/aromatic N) is 4. The lowest BCUT2D eigenvalue weighted by Crippen LogP contribution is -2.17. The van der Waals surface area contributed by atoms with Crippen LogP contribution in [0.4, 0.5) is 5.82 Å². The summed E-state index contributed by atoms with van der Waals surface area (Å²) in [5.41, 5.74) is 1.66. The molecular weight excluding hydrogens is 274 g/mol. The van der Waals surface area contributed by atoms with E-state index in [1.807, 2.05) is 6.33 Å². The third kappa shape index (κ3) is 2.73. The molecular formula is C14H20ClN5. The molecule has 0 unspecified atom stereocenters. The van der Waals surface area contributed by atoms with Crippen molar-refractivity contribution in [2.45, 2.75) is 58.0 Å². The molecule has 0 spiro atoms. The van der Waals surface area contributed by atoms with Gasteiger partial charge in [-0.25, -0.2) is 4.98 Å². The smallest absolute Gasteiger partial charge is 0.226 e. The van der Waals surface area contributed by atoms with Crippen LogP contribution in [0.15, 0.2) is 6.33 Å². The number of hydrogen-bond acceptors (Lipinski definition) is 4. The Morgan fingerprint density at radius 3 is 2.90 bits per heavy atom. The van der Waals surface area contributed by atoms with E-state index in [1.165, 1.54) is 25.7 Å². The predicted octanol–water partition coefficient (Wildman–Crippen LogP) is 3.63. The largest absolute Gasteiger partial charge is 0.365 e. The molecule has 0 saturated heterocycles. The summed E-state index contributed by atoms with van der Waals surface area (Å²) in [5.74, 6) is 0.834. The summed E-state index contributed by atoms with van der Waals surface area (Å²) in [6.45, 7) is 3.13. The van der Waals surface area contributed by atoms with Crippen molar-refractivity contribution >= 4 is 28.6 Å². The third-order valence-electron chi connectivity index (χ3n) is 3.89. The molecule has 0 aliphatic heterocycles. The highest BCUT2D eigenvalue weighted by Gasteiger charge is 2.19. The van der Waals surface area contributed by atoms with Crippen molar-refractivity contribution in [1.29, 1.82) is 0 Å². The predicted molar refractivity (Wildman–Crippen MR) is 81.1 cm³/mol. The maximum absolute atomic E-state index is 6.01. The number of hydrogen-bond donors (Lipinski definition) is 1. The van der Waals surface area contributed by atoms with Crippen molar-refractivity contribution in [2.24, 2.45) is 0 Å². The molecule has 108 valence electrons. The van der Waals surface area contributed by atoms with Crippen molar-refractivity contribution in [3.63, 3.8) is 0 Å². The molecule has 2 aromatic heterocycles. The lowest BCUT2D eigenvalue weighted by atomic mass is 10.2. The highest BCUT2D eigenvalue weighted by molar-refractivity contribution is 6.28. The molecule has 1 aliphatic carbocycles. The zero-order valence-electron chi connectivity index (χ0n) is 11.8. The Morgan fingerprint density at radius 2 is 2.15 bits per heavy atom. The van der Waals surface area contributed by atoms with E-state index in [4.69, 9.17) is 11.6 Å². The Hall–Kier alpha value is -1.36. The van der Waals surface area contributed by atoms with Gasteiger partial charge in [0.25, 0.3) is 0 Å². The van der Waals surface area contributed by atoms with Crippen molar-refractivity contribution in [3.05, 3.63) is 11.6 Å². The van der Waals surface area contributed by atoms with Crippen LogP contribution in [0.25, 0.3) is 11.2 Å². The minimum atomic E-state index is 0.263. The standard InChI is InChI=1S/C14H20ClN5/c1-2-3-8-20-9-16-12-11(20)13(19-14(15)18-12)17-10-6-4-5-7-10/h9-10H,2-8H2,1H3,(H,17,18,19). The van der Waals surface area contributed by atoms with Crippen LogP contribution in [0.2, 0.25) is 5.28 Å². The molecule has 5 nitrogen and oxygen atoms in total. The van der Waals surface area contributed by atoms with Gasteiger partial charge < -0.3 is 9.88 Å². The van der Waals surface area contributed by atoms with Gasteiger partial charge in [0, 0.05) is 12.6 Å². The van der Waals surface area contributed by atoms with Crippen LogP contribution < -0.4 is 5.32 Å². The van der Waals surface area contributed by atoms with Gasteiger partial charge in [0.1, 0.15) is 5.52 Å². The average molecular weight is 294 g/mol. The minimum absolute atomic E-state index is 0.263. The number of aryl methyl sites for hydroxylation is 1. The first-order chi connectivity index (χ1) is 9.78. The lowest BCUT2D eigenvalue weighted by molar-refractivity contribution is 0.644. The number of fused-ring (bicyclic) bond motifs is 1. The first kappa shape index (κ1) is 13.6. The van der Waals surface area contributed by atoms with Crippen LogP contribution in [0, 0.1) is 0 Å². The van der Waals surface area contributed by atoms with Gasteiger partial charge in [0.2, 0.25) is 5.28 Å². The highest BCUT2D eigenvalue weighted by Crippen LogP contribution is 2.26. The summed E-state index contributed by atoms with van der Waals surface area (Å²) in [4.78, 5) is 13.0. The van der Waals surface area contributed by atoms with Gasteiger partial charge in [-0.1, -0.05) is 26.2 Å². The summed E-state index contributed by atoms with van der Waals surface area (Å²) >= 11 is 6.01. The molecule has 20 heavy (non-hydrogen) atoms. The molecule has 0 amide bonds. The Bertz CT molecular complexity index is 589. The molecule has 0 bridgehead atoms. The van der Waals surface area contributed by atoms with E-state index < -0.39 is 0 Å². The van der Waals surface area contributed by atoms with Gasteiger partial charge in [-0.2, -0.15) is 9.97 Å². The van der Waals surface area contributed by atoms with Gasteiger partial charge >= 0.3 is 0 Å². The van der Waals surface area contributed by atoms with Crippen LogP contribution in [-0.2, 0) is 6.54 Å². The topological polar surface area (TPSA) is 55.6 Å². The van der Waals surface area contributed by atoms with Crippen LogP contribution >= 0.6 is 11.6 Å². The van der Waals surface area contributed by atoms with Crippen LogP contribution in [0.1, 0.15) is 45.4 Å². The molecule has 3 rings (SSSR count). The Labute approximate surface area is 123 Å². The average Bonchev–Trinajstić information content (AvgIpc) is 3.05. The van der Waals surface area contributed by atoms with E-state index in [9.17, 15) is 0 Å².